The number of hydrogen-bond acceptors (Lipinski definition) is 3. The Labute approximate surface area is 99.3 Å². The molecule has 1 aliphatic rings. The fourth-order valence-electron chi connectivity index (χ4n) is 1.98. The lowest BCUT2D eigenvalue weighted by atomic mass is 9.99. The van der Waals surface area contributed by atoms with Crippen molar-refractivity contribution in [2.24, 2.45) is 0 Å². The maximum absolute atomic E-state index is 10.2. The maximum atomic E-state index is 10.2. The maximum Gasteiger partial charge on any atom is 0.103 e. The molecule has 2 heterocycles. The van der Waals surface area contributed by atoms with Crippen molar-refractivity contribution in [2.75, 3.05) is 6.54 Å². The summed E-state index contributed by atoms with van der Waals surface area (Å²) in [6, 6.07) is 2.20. The first-order valence-electron chi connectivity index (χ1n) is 5.36. The number of piperidine rings is 1. The van der Waals surface area contributed by atoms with Gasteiger partial charge in [-0.25, -0.2) is 0 Å². The summed E-state index contributed by atoms with van der Waals surface area (Å²) in [6.07, 6.45) is 3.07. The highest BCUT2D eigenvalue weighted by molar-refractivity contribution is 7.16. The number of rotatable bonds is 2. The van der Waals surface area contributed by atoms with Crippen LogP contribution in [0.3, 0.4) is 0 Å². The molecule has 2 unspecified atom stereocenters. The van der Waals surface area contributed by atoms with Gasteiger partial charge in [0.15, 0.2) is 0 Å². The molecule has 84 valence electrons. The molecule has 15 heavy (non-hydrogen) atoms. The fraction of sp³-hybridized carbons (Fsp3) is 0.636. The second kappa shape index (κ2) is 4.83. The molecule has 2 N–H and O–H groups in total. The summed E-state index contributed by atoms with van der Waals surface area (Å²) in [7, 11) is 0. The number of hydrogen-bond donors (Lipinski definition) is 2. The highest BCUT2D eigenvalue weighted by atomic mass is 35.5. The number of nitrogens with one attached hydrogen (secondary N) is 1. The van der Waals surface area contributed by atoms with Gasteiger partial charge in [0.05, 0.1) is 4.34 Å². The summed E-state index contributed by atoms with van der Waals surface area (Å²) >= 11 is 7.49. The fourth-order valence-corrected chi connectivity index (χ4v) is 3.25. The normalized spacial score (nSPS) is 24.1. The summed E-state index contributed by atoms with van der Waals surface area (Å²) in [5.41, 5.74) is 1.06. The van der Waals surface area contributed by atoms with Crippen molar-refractivity contribution in [3.63, 3.8) is 0 Å². The smallest absolute Gasteiger partial charge is 0.103 e. The minimum atomic E-state index is -0.401. The van der Waals surface area contributed by atoms with Gasteiger partial charge >= 0.3 is 0 Å². The highest BCUT2D eigenvalue weighted by Crippen LogP contribution is 2.33. The number of halogens is 1. The van der Waals surface area contributed by atoms with Gasteiger partial charge in [0.2, 0.25) is 0 Å². The highest BCUT2D eigenvalue weighted by Gasteiger charge is 2.24. The number of aliphatic hydroxyl groups is 1. The van der Waals surface area contributed by atoms with E-state index >= 15 is 0 Å². The van der Waals surface area contributed by atoms with E-state index in [1.165, 1.54) is 24.2 Å². The van der Waals surface area contributed by atoms with Crippen LogP contribution in [0.25, 0.3) is 0 Å². The molecule has 1 saturated heterocycles. The van der Waals surface area contributed by atoms with Crippen LogP contribution in [0.15, 0.2) is 6.07 Å². The average Bonchev–Trinajstić information content (AvgIpc) is 2.59. The molecule has 2 nitrogen and oxygen atoms in total. The zero-order chi connectivity index (χ0) is 10.8. The Morgan fingerprint density at radius 1 is 1.60 bits per heavy atom. The van der Waals surface area contributed by atoms with Gasteiger partial charge in [0.25, 0.3) is 0 Å². The molecule has 0 aromatic carbocycles. The molecular weight excluding hydrogens is 230 g/mol. The van der Waals surface area contributed by atoms with Crippen molar-refractivity contribution in [1.29, 1.82) is 0 Å². The Hall–Kier alpha value is -0.0900. The molecule has 0 saturated carbocycles. The van der Waals surface area contributed by atoms with Gasteiger partial charge in [-0.1, -0.05) is 18.0 Å². The summed E-state index contributed by atoms with van der Waals surface area (Å²) in [5, 5.41) is 13.5. The predicted molar refractivity (Wildman–Crippen MR) is 64.7 cm³/mol. The molecule has 4 heteroatoms. The SMILES string of the molecule is Cc1cc(C(O)C2CCCCN2)sc1Cl. The van der Waals surface area contributed by atoms with Crippen LogP contribution in [0.1, 0.15) is 35.8 Å². The second-order valence-electron chi connectivity index (χ2n) is 4.11. The first-order valence-corrected chi connectivity index (χ1v) is 6.55. The molecule has 0 spiro atoms. The third-order valence-corrected chi connectivity index (χ3v) is 4.52. The topological polar surface area (TPSA) is 32.3 Å². The summed E-state index contributed by atoms with van der Waals surface area (Å²) in [4.78, 5) is 0.983. The van der Waals surface area contributed by atoms with Crippen LogP contribution < -0.4 is 5.32 Å². The van der Waals surface area contributed by atoms with Crippen molar-refractivity contribution in [3.8, 4) is 0 Å². The Balaban J connectivity index is 2.08. The lowest BCUT2D eigenvalue weighted by Crippen LogP contribution is -2.38. The zero-order valence-corrected chi connectivity index (χ0v) is 10.4. The van der Waals surface area contributed by atoms with E-state index in [1.54, 1.807) is 0 Å². The third-order valence-electron chi connectivity index (χ3n) is 2.90. The van der Waals surface area contributed by atoms with Gasteiger partial charge in [0, 0.05) is 10.9 Å². The molecule has 2 atom stereocenters. The molecule has 2 rings (SSSR count). The molecule has 1 fully saturated rings. The predicted octanol–water partition coefficient (Wildman–Crippen LogP) is 2.89. The van der Waals surface area contributed by atoms with Crippen LogP contribution in [-0.2, 0) is 0 Å². The minimum Gasteiger partial charge on any atom is -0.386 e. The summed E-state index contributed by atoms with van der Waals surface area (Å²) in [6.45, 7) is 2.99. The zero-order valence-electron chi connectivity index (χ0n) is 8.79. The van der Waals surface area contributed by atoms with E-state index in [0.717, 1.165) is 27.7 Å². The lowest BCUT2D eigenvalue weighted by Gasteiger charge is -2.27. The first-order chi connectivity index (χ1) is 7.18. The Morgan fingerprint density at radius 2 is 2.40 bits per heavy atom. The van der Waals surface area contributed by atoms with E-state index in [2.05, 4.69) is 5.32 Å². The van der Waals surface area contributed by atoms with Crippen molar-refractivity contribution >= 4 is 22.9 Å². The van der Waals surface area contributed by atoms with E-state index in [4.69, 9.17) is 11.6 Å². The third kappa shape index (κ3) is 2.53. The van der Waals surface area contributed by atoms with Crippen LogP contribution in [0.2, 0.25) is 4.34 Å². The second-order valence-corrected chi connectivity index (χ2v) is 5.79. The van der Waals surface area contributed by atoms with Gasteiger partial charge in [0.1, 0.15) is 6.10 Å². The largest absolute Gasteiger partial charge is 0.386 e. The van der Waals surface area contributed by atoms with Crippen molar-refractivity contribution in [3.05, 3.63) is 20.8 Å². The lowest BCUT2D eigenvalue weighted by molar-refractivity contribution is 0.117. The Morgan fingerprint density at radius 3 is 2.93 bits per heavy atom. The van der Waals surface area contributed by atoms with Gasteiger partial charge in [-0.05, 0) is 37.9 Å². The number of aryl methyl sites for hydroxylation is 1. The Bertz CT molecular complexity index is 314. The first kappa shape index (κ1) is 11.4. The van der Waals surface area contributed by atoms with E-state index < -0.39 is 6.10 Å². The van der Waals surface area contributed by atoms with E-state index in [0.29, 0.717) is 0 Å². The van der Waals surface area contributed by atoms with Crippen LogP contribution in [0.5, 0.6) is 0 Å². The van der Waals surface area contributed by atoms with Gasteiger partial charge in [-0.2, -0.15) is 0 Å². The minimum absolute atomic E-state index is 0.202. The van der Waals surface area contributed by atoms with Crippen molar-refractivity contribution < 1.29 is 5.11 Å². The van der Waals surface area contributed by atoms with E-state index in [9.17, 15) is 5.11 Å². The molecule has 0 amide bonds. The molecule has 0 bridgehead atoms. The summed E-state index contributed by atoms with van der Waals surface area (Å²) < 4.78 is 0.792. The molecule has 0 aliphatic carbocycles. The standard InChI is InChI=1S/C11H16ClNOS/c1-7-6-9(15-11(7)12)10(14)8-4-2-3-5-13-8/h6,8,10,13-14H,2-5H2,1H3. The number of thiophene rings is 1. The monoisotopic (exact) mass is 245 g/mol. The molecular formula is C11H16ClNOS. The summed E-state index contributed by atoms with van der Waals surface area (Å²) in [5.74, 6) is 0. The van der Waals surface area contributed by atoms with Crippen LogP contribution in [0, 0.1) is 6.92 Å². The molecule has 1 aromatic heterocycles. The van der Waals surface area contributed by atoms with Crippen LogP contribution >= 0.6 is 22.9 Å². The van der Waals surface area contributed by atoms with Crippen LogP contribution in [0.4, 0.5) is 0 Å². The van der Waals surface area contributed by atoms with Crippen molar-refractivity contribution in [1.82, 2.24) is 5.32 Å². The van der Waals surface area contributed by atoms with Crippen LogP contribution in [-0.4, -0.2) is 17.7 Å². The van der Waals surface area contributed by atoms with Gasteiger partial charge < -0.3 is 10.4 Å². The molecule has 0 radical (unpaired) electrons. The van der Waals surface area contributed by atoms with Gasteiger partial charge in [-0.3, -0.25) is 0 Å². The molecule has 1 aromatic rings. The number of aliphatic hydroxyl groups excluding tert-OH is 1. The molecule has 1 aliphatic heterocycles. The van der Waals surface area contributed by atoms with E-state index in [1.807, 2.05) is 13.0 Å². The van der Waals surface area contributed by atoms with Crippen molar-refractivity contribution in [2.45, 2.75) is 38.3 Å². The quantitative estimate of drug-likeness (QED) is 0.840. The van der Waals surface area contributed by atoms with Gasteiger partial charge in [-0.15, -0.1) is 11.3 Å². The Kier molecular flexibility index (Phi) is 3.67. The average molecular weight is 246 g/mol. The van der Waals surface area contributed by atoms with E-state index in [-0.39, 0.29) is 6.04 Å².